The average molecular weight is 351 g/mol. The highest BCUT2D eigenvalue weighted by molar-refractivity contribution is 6.30. The van der Waals surface area contributed by atoms with Crippen molar-refractivity contribution in [3.63, 3.8) is 0 Å². The van der Waals surface area contributed by atoms with Crippen molar-refractivity contribution >= 4 is 34.7 Å². The summed E-state index contributed by atoms with van der Waals surface area (Å²) >= 11 is 6.03. The summed E-state index contributed by atoms with van der Waals surface area (Å²) in [6.07, 6.45) is 4.04. The summed E-state index contributed by atoms with van der Waals surface area (Å²) in [5.74, 6) is 1.50. The molecule has 0 unspecified atom stereocenters. The van der Waals surface area contributed by atoms with Crippen molar-refractivity contribution in [3.8, 4) is 0 Å². The summed E-state index contributed by atoms with van der Waals surface area (Å²) in [6, 6.07) is 16.2. The summed E-state index contributed by atoms with van der Waals surface area (Å²) in [7, 11) is 0. The molecule has 5 heteroatoms. The highest BCUT2D eigenvalue weighted by Gasteiger charge is 2.19. The van der Waals surface area contributed by atoms with Crippen molar-refractivity contribution in [2.75, 3.05) is 16.8 Å². The van der Waals surface area contributed by atoms with Crippen LogP contribution in [0, 0.1) is 6.92 Å². The van der Waals surface area contributed by atoms with E-state index in [0.29, 0.717) is 5.95 Å². The van der Waals surface area contributed by atoms with Gasteiger partial charge in [0.25, 0.3) is 0 Å². The smallest absolute Gasteiger partial charge is 0.229 e. The number of hydrogen-bond donors (Lipinski definition) is 1. The molecule has 0 bridgehead atoms. The predicted octanol–water partition coefficient (Wildman–Crippen LogP) is 5.27. The highest BCUT2D eigenvalue weighted by Crippen LogP contribution is 2.32. The number of rotatable bonds is 3. The summed E-state index contributed by atoms with van der Waals surface area (Å²) < 4.78 is 0. The topological polar surface area (TPSA) is 41.1 Å². The maximum absolute atomic E-state index is 6.03. The number of hydrogen-bond acceptors (Lipinski definition) is 4. The lowest BCUT2D eigenvalue weighted by Gasteiger charge is -2.30. The number of aromatic nitrogens is 2. The molecule has 1 aromatic heterocycles. The van der Waals surface area contributed by atoms with E-state index < -0.39 is 0 Å². The van der Waals surface area contributed by atoms with Crippen molar-refractivity contribution < 1.29 is 0 Å². The van der Waals surface area contributed by atoms with E-state index in [0.717, 1.165) is 41.5 Å². The Labute approximate surface area is 152 Å². The summed E-state index contributed by atoms with van der Waals surface area (Å²) in [5.41, 5.74) is 4.63. The molecule has 0 spiro atoms. The molecule has 1 aliphatic heterocycles. The van der Waals surface area contributed by atoms with Crippen molar-refractivity contribution in [3.05, 3.63) is 70.9 Å². The molecule has 0 saturated carbocycles. The molecule has 0 aliphatic carbocycles. The molecular weight excluding hydrogens is 332 g/mol. The predicted molar refractivity (Wildman–Crippen MR) is 103 cm³/mol. The zero-order valence-electron chi connectivity index (χ0n) is 14.0. The van der Waals surface area contributed by atoms with Gasteiger partial charge in [-0.05, 0) is 61.2 Å². The minimum atomic E-state index is 0.589. The molecule has 0 saturated heterocycles. The molecule has 4 rings (SSSR count). The molecule has 0 radical (unpaired) electrons. The monoisotopic (exact) mass is 350 g/mol. The van der Waals surface area contributed by atoms with E-state index in [1.165, 1.54) is 11.3 Å². The maximum atomic E-state index is 6.03. The first-order chi connectivity index (χ1) is 12.2. The fourth-order valence-electron chi connectivity index (χ4n) is 3.22. The van der Waals surface area contributed by atoms with Crippen LogP contribution in [0.3, 0.4) is 0 Å². The molecule has 2 aromatic carbocycles. The second kappa shape index (κ2) is 6.73. The van der Waals surface area contributed by atoms with Gasteiger partial charge in [0.05, 0.1) is 0 Å². The Morgan fingerprint density at radius 1 is 1.12 bits per heavy atom. The largest absolute Gasteiger partial charge is 0.326 e. The fourth-order valence-corrected chi connectivity index (χ4v) is 3.45. The standard InChI is InChI=1S/C20H19ClN4/c1-14-13-16(21)8-9-17(14)23-20-22-11-10-19(24-20)25-12-4-6-15-5-2-3-7-18(15)25/h2-3,5,7-11,13H,4,6,12H2,1H3,(H,22,23,24). The van der Waals surface area contributed by atoms with Crippen LogP contribution in [0.2, 0.25) is 5.02 Å². The third kappa shape index (κ3) is 3.30. The molecule has 1 aliphatic rings. The first-order valence-electron chi connectivity index (χ1n) is 8.42. The van der Waals surface area contributed by atoms with Crippen molar-refractivity contribution in [2.24, 2.45) is 0 Å². The minimum absolute atomic E-state index is 0.589. The zero-order valence-corrected chi connectivity index (χ0v) is 14.8. The van der Waals surface area contributed by atoms with Gasteiger partial charge < -0.3 is 10.2 Å². The van der Waals surface area contributed by atoms with Gasteiger partial charge in [-0.25, -0.2) is 4.98 Å². The quantitative estimate of drug-likeness (QED) is 0.699. The Bertz CT molecular complexity index is 910. The van der Waals surface area contributed by atoms with Crippen molar-refractivity contribution in [1.29, 1.82) is 0 Å². The Hall–Kier alpha value is -2.59. The first kappa shape index (κ1) is 15.9. The summed E-state index contributed by atoms with van der Waals surface area (Å²) in [5, 5.41) is 4.02. The third-order valence-corrected chi connectivity index (χ3v) is 4.70. The molecule has 0 amide bonds. The van der Waals surface area contributed by atoms with Gasteiger partial charge in [-0.1, -0.05) is 29.8 Å². The van der Waals surface area contributed by atoms with E-state index in [2.05, 4.69) is 39.5 Å². The Kier molecular flexibility index (Phi) is 4.28. The van der Waals surface area contributed by atoms with E-state index in [9.17, 15) is 0 Å². The number of para-hydroxylation sites is 1. The van der Waals surface area contributed by atoms with Gasteiger partial charge in [0.15, 0.2) is 0 Å². The lowest BCUT2D eigenvalue weighted by Crippen LogP contribution is -2.25. The molecule has 1 N–H and O–H groups in total. The third-order valence-electron chi connectivity index (χ3n) is 4.46. The molecule has 126 valence electrons. The zero-order chi connectivity index (χ0) is 17.2. The van der Waals surface area contributed by atoms with Gasteiger partial charge in [-0.15, -0.1) is 0 Å². The number of benzene rings is 2. The van der Waals surface area contributed by atoms with Gasteiger partial charge in [0.1, 0.15) is 5.82 Å². The minimum Gasteiger partial charge on any atom is -0.326 e. The first-order valence-corrected chi connectivity index (χ1v) is 8.80. The molecule has 3 aromatic rings. The number of fused-ring (bicyclic) bond motifs is 1. The van der Waals surface area contributed by atoms with Crippen LogP contribution in [-0.2, 0) is 6.42 Å². The average Bonchev–Trinajstić information content (AvgIpc) is 2.64. The van der Waals surface area contributed by atoms with Crippen LogP contribution in [0.1, 0.15) is 17.5 Å². The van der Waals surface area contributed by atoms with Crippen LogP contribution >= 0.6 is 11.6 Å². The fraction of sp³-hybridized carbons (Fsp3) is 0.200. The second-order valence-electron chi connectivity index (χ2n) is 6.21. The second-order valence-corrected chi connectivity index (χ2v) is 6.64. The van der Waals surface area contributed by atoms with Gasteiger partial charge in [0, 0.05) is 29.1 Å². The Morgan fingerprint density at radius 2 is 2.00 bits per heavy atom. The van der Waals surface area contributed by atoms with E-state index in [-0.39, 0.29) is 0 Å². The van der Waals surface area contributed by atoms with E-state index in [1.54, 1.807) is 6.20 Å². The lowest BCUT2D eigenvalue weighted by atomic mass is 10.0. The SMILES string of the molecule is Cc1cc(Cl)ccc1Nc1nccc(N2CCCc3ccccc32)n1. The van der Waals surface area contributed by atoms with Crippen LogP contribution in [0.5, 0.6) is 0 Å². The number of anilines is 4. The van der Waals surface area contributed by atoms with Crippen LogP contribution < -0.4 is 10.2 Å². The molecule has 0 atom stereocenters. The molecule has 4 nitrogen and oxygen atoms in total. The molecule has 25 heavy (non-hydrogen) atoms. The van der Waals surface area contributed by atoms with Gasteiger partial charge in [-0.3, -0.25) is 0 Å². The van der Waals surface area contributed by atoms with Gasteiger partial charge in [-0.2, -0.15) is 4.98 Å². The molecule has 0 fully saturated rings. The van der Waals surface area contributed by atoms with Crippen LogP contribution in [0.4, 0.5) is 23.1 Å². The number of aryl methyl sites for hydroxylation is 2. The molecular formula is C20H19ClN4. The normalized spacial score (nSPS) is 13.4. The van der Waals surface area contributed by atoms with Crippen molar-refractivity contribution in [2.45, 2.75) is 19.8 Å². The Morgan fingerprint density at radius 3 is 2.88 bits per heavy atom. The maximum Gasteiger partial charge on any atom is 0.229 e. The number of halogens is 1. The highest BCUT2D eigenvalue weighted by atomic mass is 35.5. The van der Waals surface area contributed by atoms with Crippen LogP contribution in [-0.4, -0.2) is 16.5 Å². The summed E-state index contributed by atoms with van der Waals surface area (Å²) in [6.45, 7) is 2.98. The van der Waals surface area contributed by atoms with E-state index >= 15 is 0 Å². The van der Waals surface area contributed by atoms with Crippen molar-refractivity contribution in [1.82, 2.24) is 9.97 Å². The van der Waals surface area contributed by atoms with Crippen LogP contribution in [0.25, 0.3) is 0 Å². The van der Waals surface area contributed by atoms with Crippen LogP contribution in [0.15, 0.2) is 54.7 Å². The number of nitrogens with zero attached hydrogens (tertiary/aromatic N) is 3. The summed E-state index contributed by atoms with van der Waals surface area (Å²) in [4.78, 5) is 11.4. The lowest BCUT2D eigenvalue weighted by molar-refractivity contribution is 0.759. The number of nitrogens with one attached hydrogen (secondary N) is 1. The van der Waals surface area contributed by atoms with E-state index in [1.807, 2.05) is 31.2 Å². The van der Waals surface area contributed by atoms with E-state index in [4.69, 9.17) is 16.6 Å². The molecule has 2 heterocycles. The Balaban J connectivity index is 1.64. The van der Waals surface area contributed by atoms with Gasteiger partial charge in [0.2, 0.25) is 5.95 Å². The van der Waals surface area contributed by atoms with Gasteiger partial charge >= 0.3 is 0 Å².